The fraction of sp³-hybridized carbons (Fsp3) is 0.500. The van der Waals surface area contributed by atoms with Gasteiger partial charge in [0, 0.05) is 44.1 Å². The van der Waals surface area contributed by atoms with E-state index in [4.69, 9.17) is 0 Å². The van der Waals surface area contributed by atoms with Crippen LogP contribution in [0.1, 0.15) is 60.0 Å². The monoisotopic (exact) mass is 443 g/mol. The molecular formula is C22H29N5O3S. The number of amides is 1. The summed E-state index contributed by atoms with van der Waals surface area (Å²) in [5.74, 6) is 2.04. The highest BCUT2D eigenvalue weighted by atomic mass is 32.2. The molecule has 8 nitrogen and oxygen atoms in total. The molecule has 2 aliphatic rings. The summed E-state index contributed by atoms with van der Waals surface area (Å²) in [5.41, 5.74) is 0.377. The summed E-state index contributed by atoms with van der Waals surface area (Å²) in [6.45, 7) is 5.83. The Bertz CT molecular complexity index is 1060. The Morgan fingerprint density at radius 1 is 1.19 bits per heavy atom. The van der Waals surface area contributed by atoms with Crippen molar-refractivity contribution in [2.24, 2.45) is 0 Å². The molecule has 166 valence electrons. The molecule has 4 rings (SSSR count). The van der Waals surface area contributed by atoms with Gasteiger partial charge in [0.1, 0.15) is 11.6 Å². The van der Waals surface area contributed by atoms with E-state index in [-0.39, 0.29) is 23.3 Å². The second kappa shape index (κ2) is 9.32. The Balaban J connectivity index is 1.52. The zero-order valence-corrected chi connectivity index (χ0v) is 18.5. The van der Waals surface area contributed by atoms with Gasteiger partial charge >= 0.3 is 0 Å². The van der Waals surface area contributed by atoms with Gasteiger partial charge < -0.3 is 9.47 Å². The molecule has 3 heterocycles. The number of carbonyl (C=O) groups is 1. The lowest BCUT2D eigenvalue weighted by atomic mass is 9.96. The van der Waals surface area contributed by atoms with E-state index in [0.29, 0.717) is 18.7 Å². The number of hydrogen-bond donors (Lipinski definition) is 1. The summed E-state index contributed by atoms with van der Waals surface area (Å²) in [4.78, 5) is 15.1. The highest BCUT2D eigenvalue weighted by molar-refractivity contribution is 7.89. The van der Waals surface area contributed by atoms with Crippen molar-refractivity contribution < 1.29 is 13.2 Å². The zero-order valence-electron chi connectivity index (χ0n) is 17.7. The largest absolute Gasteiger partial charge is 0.338 e. The highest BCUT2D eigenvalue weighted by Gasteiger charge is 2.30. The van der Waals surface area contributed by atoms with Crippen molar-refractivity contribution in [2.75, 3.05) is 19.6 Å². The second-order valence-electron chi connectivity index (χ2n) is 8.20. The van der Waals surface area contributed by atoms with Crippen LogP contribution < -0.4 is 4.72 Å². The number of piperidine rings is 1. The predicted octanol–water partition coefficient (Wildman–Crippen LogP) is 2.49. The molecule has 1 unspecified atom stereocenters. The molecule has 9 heteroatoms. The number of fused-ring (bicyclic) bond motifs is 1. The van der Waals surface area contributed by atoms with Crippen molar-refractivity contribution in [3.05, 3.63) is 54.1 Å². The third kappa shape index (κ3) is 4.72. The molecule has 0 aliphatic carbocycles. The second-order valence-corrected chi connectivity index (χ2v) is 9.96. The maximum Gasteiger partial charge on any atom is 0.253 e. The van der Waals surface area contributed by atoms with E-state index < -0.39 is 10.0 Å². The fourth-order valence-corrected chi connectivity index (χ4v) is 5.46. The van der Waals surface area contributed by atoms with Crippen LogP contribution in [0.4, 0.5) is 0 Å². The van der Waals surface area contributed by atoms with Crippen molar-refractivity contribution in [3.8, 4) is 0 Å². The zero-order chi connectivity index (χ0) is 21.8. The molecule has 1 aromatic carbocycles. The van der Waals surface area contributed by atoms with Crippen LogP contribution in [0, 0.1) is 0 Å². The number of aromatic nitrogens is 3. The van der Waals surface area contributed by atoms with E-state index in [1.54, 1.807) is 12.1 Å². The van der Waals surface area contributed by atoms with Crippen molar-refractivity contribution in [3.63, 3.8) is 0 Å². The van der Waals surface area contributed by atoms with Crippen LogP contribution in [0.25, 0.3) is 0 Å². The van der Waals surface area contributed by atoms with E-state index in [1.165, 1.54) is 24.6 Å². The van der Waals surface area contributed by atoms with Gasteiger partial charge in [-0.2, -0.15) is 0 Å². The van der Waals surface area contributed by atoms with Gasteiger partial charge in [-0.25, -0.2) is 13.1 Å². The van der Waals surface area contributed by atoms with Crippen molar-refractivity contribution >= 4 is 15.9 Å². The lowest BCUT2D eigenvalue weighted by molar-refractivity contribution is 0.0703. The summed E-state index contributed by atoms with van der Waals surface area (Å²) in [5, 5.41) is 8.90. The molecule has 0 spiro atoms. The van der Waals surface area contributed by atoms with Gasteiger partial charge in [-0.05, 0) is 43.9 Å². The van der Waals surface area contributed by atoms with E-state index >= 15 is 0 Å². The van der Waals surface area contributed by atoms with Gasteiger partial charge in [0.15, 0.2) is 0 Å². The van der Waals surface area contributed by atoms with E-state index in [9.17, 15) is 13.2 Å². The molecule has 31 heavy (non-hydrogen) atoms. The van der Waals surface area contributed by atoms with Crippen LogP contribution in [0.5, 0.6) is 0 Å². The van der Waals surface area contributed by atoms with E-state index in [0.717, 1.165) is 50.3 Å². The van der Waals surface area contributed by atoms with Crippen molar-refractivity contribution in [2.45, 2.75) is 55.9 Å². The minimum atomic E-state index is -3.68. The number of nitrogens with one attached hydrogen (secondary N) is 1. The molecule has 1 amide bonds. The van der Waals surface area contributed by atoms with Crippen LogP contribution in [0.3, 0.4) is 0 Å². The highest BCUT2D eigenvalue weighted by Crippen LogP contribution is 2.29. The quantitative estimate of drug-likeness (QED) is 0.692. The summed E-state index contributed by atoms with van der Waals surface area (Å²) < 4.78 is 29.5. The van der Waals surface area contributed by atoms with Gasteiger partial charge in [-0.3, -0.25) is 4.79 Å². The molecule has 0 saturated carbocycles. The van der Waals surface area contributed by atoms with Crippen LogP contribution in [-0.2, 0) is 23.0 Å². The average Bonchev–Trinajstić information content (AvgIpc) is 3.05. The van der Waals surface area contributed by atoms with Gasteiger partial charge in [0.25, 0.3) is 5.91 Å². The predicted molar refractivity (Wildman–Crippen MR) is 117 cm³/mol. The molecule has 1 aromatic heterocycles. The van der Waals surface area contributed by atoms with E-state index in [2.05, 4.69) is 26.1 Å². The van der Waals surface area contributed by atoms with Gasteiger partial charge in [-0.15, -0.1) is 16.8 Å². The minimum Gasteiger partial charge on any atom is -0.338 e. The number of likely N-dealkylation sites (tertiary alicyclic amines) is 1. The first kappa shape index (κ1) is 21.7. The maximum absolute atomic E-state index is 13.2. The van der Waals surface area contributed by atoms with Crippen molar-refractivity contribution in [1.29, 1.82) is 0 Å². The minimum absolute atomic E-state index is 0.0801. The topological polar surface area (TPSA) is 97.2 Å². The number of carbonyl (C=O) groups excluding carboxylic acids is 1. The molecule has 0 radical (unpaired) electrons. The van der Waals surface area contributed by atoms with Crippen LogP contribution in [0.15, 0.2) is 41.8 Å². The molecule has 1 saturated heterocycles. The Hall–Kier alpha value is -2.52. The SMILES string of the molecule is C=CCNS(=O)(=O)c1cccc(C(=O)N2CCCC(c3nnc4n3CCCCC4)C2)c1. The normalized spacial score (nSPS) is 19.5. The lowest BCUT2D eigenvalue weighted by Crippen LogP contribution is -2.40. The maximum atomic E-state index is 13.2. The third-order valence-electron chi connectivity index (χ3n) is 6.02. The average molecular weight is 444 g/mol. The first-order chi connectivity index (χ1) is 15.0. The summed E-state index contributed by atoms with van der Waals surface area (Å²) >= 11 is 0. The van der Waals surface area contributed by atoms with Gasteiger partial charge in [0.2, 0.25) is 10.0 Å². The third-order valence-corrected chi connectivity index (χ3v) is 7.44. The standard InChI is InChI=1S/C22H29N5O3S/c1-2-12-23-31(29,30)19-10-6-8-17(15-19)22(28)26-13-7-9-18(16-26)21-25-24-20-11-4-3-5-14-27(20)21/h2,6,8,10,15,18,23H,1,3-5,7,9,11-14,16H2. The first-order valence-corrected chi connectivity index (χ1v) is 12.4. The van der Waals surface area contributed by atoms with Crippen molar-refractivity contribution in [1.82, 2.24) is 24.4 Å². The lowest BCUT2D eigenvalue weighted by Gasteiger charge is -2.32. The Morgan fingerprint density at radius 3 is 2.90 bits per heavy atom. The Kier molecular flexibility index (Phi) is 6.52. The fourth-order valence-electron chi connectivity index (χ4n) is 4.41. The number of aryl methyl sites for hydroxylation is 1. The van der Waals surface area contributed by atoms with Gasteiger partial charge in [0.05, 0.1) is 4.90 Å². The molecule has 1 N–H and O–H groups in total. The molecular weight excluding hydrogens is 414 g/mol. The van der Waals surface area contributed by atoms with Gasteiger partial charge in [-0.1, -0.05) is 18.6 Å². The number of nitrogens with zero attached hydrogens (tertiary/aromatic N) is 4. The summed E-state index contributed by atoms with van der Waals surface area (Å²) in [6.07, 6.45) is 7.79. The Labute approximate surface area is 183 Å². The van der Waals surface area contributed by atoms with Crippen LogP contribution in [-0.4, -0.2) is 53.6 Å². The number of benzene rings is 1. The first-order valence-electron chi connectivity index (χ1n) is 10.9. The molecule has 0 bridgehead atoms. The van der Waals surface area contributed by atoms with E-state index in [1.807, 2.05) is 4.90 Å². The number of hydrogen-bond acceptors (Lipinski definition) is 5. The summed E-state index contributed by atoms with van der Waals surface area (Å²) in [6, 6.07) is 6.21. The summed E-state index contributed by atoms with van der Waals surface area (Å²) in [7, 11) is -3.68. The Morgan fingerprint density at radius 2 is 2.06 bits per heavy atom. The molecule has 1 atom stereocenters. The van der Waals surface area contributed by atoms with Crippen LogP contribution in [0.2, 0.25) is 0 Å². The number of rotatable bonds is 6. The molecule has 1 fully saturated rings. The number of sulfonamides is 1. The molecule has 2 aromatic rings. The smallest absolute Gasteiger partial charge is 0.253 e. The van der Waals surface area contributed by atoms with Crippen LogP contribution >= 0.6 is 0 Å². The molecule has 2 aliphatic heterocycles.